The van der Waals surface area contributed by atoms with E-state index in [1.807, 2.05) is 0 Å². The lowest BCUT2D eigenvalue weighted by atomic mass is 10.2. The van der Waals surface area contributed by atoms with Gasteiger partial charge in [0.25, 0.3) is 15.7 Å². The molecule has 10 nitrogen and oxygen atoms in total. The number of hydrazone groups is 1. The quantitative estimate of drug-likeness (QED) is 0.251. The number of non-ortho nitro benzene ring substituents is 1. The first-order valence-corrected chi connectivity index (χ1v) is 10.8. The number of halogens is 1. The lowest BCUT2D eigenvalue weighted by molar-refractivity contribution is -0.385. The molecule has 0 heterocycles. The summed E-state index contributed by atoms with van der Waals surface area (Å²) in [6.45, 7) is 0. The van der Waals surface area contributed by atoms with Crippen LogP contribution in [-0.2, 0) is 10.0 Å². The standard InChI is InChI=1S/C20H17ClN4O6S/c1-31-19-9-2-13(10-18(19)26)12-22-23-17-8-7-16(25(27)28)11-20(17)32(29,30)24-15-5-3-14(21)4-6-15/h2-12,23-24,26H,1H3. The van der Waals surface area contributed by atoms with Gasteiger partial charge in [0.05, 0.1) is 23.9 Å². The third-order valence-electron chi connectivity index (χ3n) is 4.16. The van der Waals surface area contributed by atoms with Crippen LogP contribution in [0.25, 0.3) is 0 Å². The molecule has 0 fully saturated rings. The van der Waals surface area contributed by atoms with Gasteiger partial charge in [-0.15, -0.1) is 0 Å². The lowest BCUT2D eigenvalue weighted by Crippen LogP contribution is -2.15. The SMILES string of the molecule is COc1ccc(C=NNc2ccc([N+](=O)[O-])cc2S(=O)(=O)Nc2ccc(Cl)cc2)cc1O. The van der Waals surface area contributed by atoms with E-state index in [9.17, 15) is 23.6 Å². The second kappa shape index (κ2) is 9.54. The molecule has 0 aliphatic heterocycles. The van der Waals surface area contributed by atoms with E-state index in [1.54, 1.807) is 6.07 Å². The van der Waals surface area contributed by atoms with Crippen molar-refractivity contribution in [3.63, 3.8) is 0 Å². The Kier molecular flexibility index (Phi) is 6.81. The van der Waals surface area contributed by atoms with Gasteiger partial charge in [-0.25, -0.2) is 8.42 Å². The summed E-state index contributed by atoms with van der Waals surface area (Å²) in [5.74, 6) is 0.189. The molecule has 166 valence electrons. The number of ether oxygens (including phenoxy) is 1. The van der Waals surface area contributed by atoms with Crippen LogP contribution in [0.2, 0.25) is 5.02 Å². The number of nitrogens with one attached hydrogen (secondary N) is 2. The van der Waals surface area contributed by atoms with Crippen molar-refractivity contribution >= 4 is 44.9 Å². The molecule has 0 aliphatic rings. The summed E-state index contributed by atoms with van der Waals surface area (Å²) < 4.78 is 33.2. The summed E-state index contributed by atoms with van der Waals surface area (Å²) in [4.78, 5) is 10.1. The highest BCUT2D eigenvalue weighted by Gasteiger charge is 2.22. The van der Waals surface area contributed by atoms with Gasteiger partial charge in [-0.2, -0.15) is 5.10 Å². The maximum atomic E-state index is 12.9. The highest BCUT2D eigenvalue weighted by molar-refractivity contribution is 7.92. The van der Waals surface area contributed by atoms with Crippen LogP contribution < -0.4 is 14.9 Å². The summed E-state index contributed by atoms with van der Waals surface area (Å²) in [6.07, 6.45) is 1.34. The monoisotopic (exact) mass is 476 g/mol. The van der Waals surface area contributed by atoms with Crippen LogP contribution in [0, 0.1) is 10.1 Å². The molecular formula is C20H17ClN4O6S. The normalized spacial score (nSPS) is 11.3. The fourth-order valence-corrected chi connectivity index (χ4v) is 3.99. The highest BCUT2D eigenvalue weighted by Crippen LogP contribution is 2.29. The number of hydrogen-bond acceptors (Lipinski definition) is 8. The maximum absolute atomic E-state index is 12.9. The largest absolute Gasteiger partial charge is 0.504 e. The van der Waals surface area contributed by atoms with E-state index < -0.39 is 20.6 Å². The molecule has 0 radical (unpaired) electrons. The van der Waals surface area contributed by atoms with Crippen LogP contribution in [-0.4, -0.2) is 31.8 Å². The zero-order valence-corrected chi connectivity index (χ0v) is 18.1. The first kappa shape index (κ1) is 22.8. The molecule has 3 N–H and O–H groups in total. The number of phenols is 1. The van der Waals surface area contributed by atoms with Gasteiger partial charge >= 0.3 is 0 Å². The van der Waals surface area contributed by atoms with Crippen LogP contribution in [0.5, 0.6) is 11.5 Å². The molecule has 3 rings (SSSR count). The van der Waals surface area contributed by atoms with E-state index in [1.165, 1.54) is 55.8 Å². The molecule has 3 aromatic rings. The molecule has 3 aromatic carbocycles. The molecule has 0 atom stereocenters. The number of phenolic OH excluding ortho intramolecular Hbond substituents is 1. The Hall–Kier alpha value is -3.83. The number of benzene rings is 3. The number of rotatable bonds is 8. The third-order valence-corrected chi connectivity index (χ3v) is 5.84. The predicted octanol–water partition coefficient (Wildman–Crippen LogP) is 4.21. The fraction of sp³-hybridized carbons (Fsp3) is 0.0500. The van der Waals surface area contributed by atoms with Gasteiger partial charge in [-0.05, 0) is 54.1 Å². The van der Waals surface area contributed by atoms with E-state index in [4.69, 9.17) is 16.3 Å². The Morgan fingerprint density at radius 3 is 2.47 bits per heavy atom. The van der Waals surface area contributed by atoms with E-state index in [2.05, 4.69) is 15.2 Å². The van der Waals surface area contributed by atoms with Crippen molar-refractivity contribution in [2.75, 3.05) is 17.3 Å². The zero-order valence-electron chi connectivity index (χ0n) is 16.5. The van der Waals surface area contributed by atoms with Crippen molar-refractivity contribution in [1.82, 2.24) is 0 Å². The minimum atomic E-state index is -4.21. The topological polar surface area (TPSA) is 143 Å². The molecule has 32 heavy (non-hydrogen) atoms. The highest BCUT2D eigenvalue weighted by atomic mass is 35.5. The summed E-state index contributed by atoms with van der Waals surface area (Å²) in [7, 11) is -2.80. The first-order chi connectivity index (χ1) is 15.2. The second-order valence-electron chi connectivity index (χ2n) is 6.35. The van der Waals surface area contributed by atoms with Gasteiger partial charge < -0.3 is 9.84 Å². The Morgan fingerprint density at radius 2 is 1.84 bits per heavy atom. The minimum absolute atomic E-state index is 0.00560. The zero-order chi connectivity index (χ0) is 23.3. The average molecular weight is 477 g/mol. The third kappa shape index (κ3) is 5.45. The van der Waals surface area contributed by atoms with Crippen LogP contribution in [0.4, 0.5) is 17.1 Å². The van der Waals surface area contributed by atoms with E-state index in [-0.39, 0.29) is 27.8 Å². The predicted molar refractivity (Wildman–Crippen MR) is 121 cm³/mol. The van der Waals surface area contributed by atoms with Crippen LogP contribution in [0.15, 0.2) is 70.7 Å². The molecule has 0 saturated heterocycles. The molecule has 0 aromatic heterocycles. The smallest absolute Gasteiger partial charge is 0.270 e. The molecule has 0 aliphatic carbocycles. The molecule has 0 bridgehead atoms. The van der Waals surface area contributed by atoms with Gasteiger partial charge in [0.1, 0.15) is 4.90 Å². The second-order valence-corrected chi connectivity index (χ2v) is 8.44. The van der Waals surface area contributed by atoms with Crippen molar-refractivity contribution in [2.45, 2.75) is 4.90 Å². The number of methoxy groups -OCH3 is 1. The Labute approximate surface area is 188 Å². The number of nitro groups is 1. The van der Waals surface area contributed by atoms with Crippen molar-refractivity contribution in [1.29, 1.82) is 0 Å². The summed E-state index contributed by atoms with van der Waals surface area (Å²) in [5.41, 5.74) is 2.90. The molecule has 0 amide bonds. The fourth-order valence-electron chi connectivity index (χ4n) is 2.63. The van der Waals surface area contributed by atoms with Crippen LogP contribution >= 0.6 is 11.6 Å². The molecule has 0 saturated carbocycles. The van der Waals surface area contributed by atoms with Gasteiger partial charge in [0, 0.05) is 22.8 Å². The Balaban J connectivity index is 1.91. The number of hydrogen-bond donors (Lipinski definition) is 3. The minimum Gasteiger partial charge on any atom is -0.504 e. The van der Waals surface area contributed by atoms with E-state index in [0.717, 1.165) is 12.1 Å². The number of aromatic hydroxyl groups is 1. The molecule has 0 unspecified atom stereocenters. The van der Waals surface area contributed by atoms with Crippen molar-refractivity contribution in [3.8, 4) is 11.5 Å². The van der Waals surface area contributed by atoms with Crippen LogP contribution in [0.1, 0.15) is 5.56 Å². The summed E-state index contributed by atoms with van der Waals surface area (Å²) >= 11 is 5.81. The van der Waals surface area contributed by atoms with Gasteiger partial charge in [-0.3, -0.25) is 20.3 Å². The number of anilines is 2. The lowest BCUT2D eigenvalue weighted by Gasteiger charge is -2.12. The van der Waals surface area contributed by atoms with Crippen molar-refractivity contribution in [2.24, 2.45) is 5.10 Å². The summed E-state index contributed by atoms with van der Waals surface area (Å²) in [6, 6.07) is 13.8. The number of nitro benzene ring substituents is 1. The van der Waals surface area contributed by atoms with Gasteiger partial charge in [-0.1, -0.05) is 11.6 Å². The Bertz CT molecular complexity index is 1280. The van der Waals surface area contributed by atoms with Crippen molar-refractivity contribution in [3.05, 3.63) is 81.4 Å². The Morgan fingerprint density at radius 1 is 1.12 bits per heavy atom. The number of nitrogens with zero attached hydrogens (tertiary/aromatic N) is 2. The van der Waals surface area contributed by atoms with E-state index >= 15 is 0 Å². The maximum Gasteiger partial charge on any atom is 0.270 e. The molecule has 12 heteroatoms. The van der Waals surface area contributed by atoms with E-state index in [0.29, 0.717) is 10.6 Å². The number of sulfonamides is 1. The van der Waals surface area contributed by atoms with Crippen molar-refractivity contribution < 1.29 is 23.2 Å². The molecular weight excluding hydrogens is 460 g/mol. The van der Waals surface area contributed by atoms with Gasteiger partial charge in [0.15, 0.2) is 11.5 Å². The average Bonchev–Trinajstić information content (AvgIpc) is 2.75. The van der Waals surface area contributed by atoms with Gasteiger partial charge in [0.2, 0.25) is 0 Å². The molecule has 0 spiro atoms. The first-order valence-electron chi connectivity index (χ1n) is 8.92. The summed E-state index contributed by atoms with van der Waals surface area (Å²) in [5, 5.41) is 25.4. The van der Waals surface area contributed by atoms with Crippen LogP contribution in [0.3, 0.4) is 0 Å².